The Bertz CT molecular complexity index is 1160. The molecule has 3 N–H and O–H groups in total. The van der Waals surface area contributed by atoms with Crippen LogP contribution in [0.15, 0.2) is 35.1 Å². The highest BCUT2D eigenvalue weighted by Gasteiger charge is 2.54. The van der Waals surface area contributed by atoms with E-state index in [1.165, 1.54) is 19.2 Å². The second-order valence-electron chi connectivity index (χ2n) is 6.94. The number of hydrogen-bond donors (Lipinski definition) is 3. The molecule has 162 valence electrons. The lowest BCUT2D eigenvalue weighted by atomic mass is 10.2. The SMILES string of the molecule is Cn1c(N(C(=O)O)c2ccc(I)cc2F)c(NS(=O)(=O)C2(CCO)CC2)ccc1=O. The smallest absolute Gasteiger partial charge is 0.417 e. The zero-order chi connectivity index (χ0) is 22.3. The van der Waals surface area contributed by atoms with Gasteiger partial charge >= 0.3 is 6.09 Å². The lowest BCUT2D eigenvalue weighted by Gasteiger charge is -2.26. The number of carboxylic acid groups (broad SMARTS) is 1. The van der Waals surface area contributed by atoms with Crippen molar-refractivity contribution in [2.24, 2.45) is 7.05 Å². The van der Waals surface area contributed by atoms with Crippen molar-refractivity contribution < 1.29 is 27.8 Å². The summed E-state index contributed by atoms with van der Waals surface area (Å²) in [6.07, 6.45) is -0.887. The minimum Gasteiger partial charge on any atom is -0.464 e. The Balaban J connectivity index is 2.17. The number of aliphatic hydroxyl groups excluding tert-OH is 1. The molecule has 2 aromatic rings. The quantitative estimate of drug-likeness (QED) is 0.454. The Morgan fingerprint density at radius 2 is 2.00 bits per heavy atom. The average Bonchev–Trinajstić information content (AvgIpc) is 3.44. The molecule has 0 spiro atoms. The average molecular weight is 551 g/mol. The first-order valence-corrected chi connectivity index (χ1v) is 11.4. The van der Waals surface area contributed by atoms with Gasteiger partial charge in [-0.25, -0.2) is 22.5 Å². The number of carbonyl (C=O) groups is 1. The van der Waals surface area contributed by atoms with E-state index in [4.69, 9.17) is 0 Å². The molecule has 12 heteroatoms. The van der Waals surface area contributed by atoms with Crippen LogP contribution < -0.4 is 15.2 Å². The van der Waals surface area contributed by atoms with Crippen molar-refractivity contribution in [3.63, 3.8) is 0 Å². The van der Waals surface area contributed by atoms with Crippen LogP contribution in [-0.2, 0) is 17.1 Å². The molecule has 30 heavy (non-hydrogen) atoms. The maximum atomic E-state index is 14.6. The summed E-state index contributed by atoms with van der Waals surface area (Å²) in [6, 6.07) is 6.06. The molecular formula is C18H19FIN3O6S. The third-order valence-electron chi connectivity index (χ3n) is 5.02. The molecule has 0 aliphatic heterocycles. The molecule has 0 radical (unpaired) electrons. The van der Waals surface area contributed by atoms with Gasteiger partial charge in [0, 0.05) is 23.3 Å². The topological polar surface area (TPSA) is 129 Å². The molecular weight excluding hydrogens is 532 g/mol. The van der Waals surface area contributed by atoms with E-state index < -0.39 is 32.2 Å². The highest BCUT2D eigenvalue weighted by molar-refractivity contribution is 14.1. The highest BCUT2D eigenvalue weighted by Crippen LogP contribution is 2.47. The summed E-state index contributed by atoms with van der Waals surface area (Å²) in [5.41, 5.74) is -1.16. The fourth-order valence-electron chi connectivity index (χ4n) is 3.20. The summed E-state index contributed by atoms with van der Waals surface area (Å²) in [4.78, 5) is 24.8. The number of sulfonamides is 1. The van der Waals surface area contributed by atoms with E-state index in [0.29, 0.717) is 21.3 Å². The molecule has 1 fully saturated rings. The van der Waals surface area contributed by atoms with Gasteiger partial charge in [-0.1, -0.05) is 0 Å². The normalized spacial score (nSPS) is 14.9. The molecule has 1 heterocycles. The molecule has 3 rings (SSSR count). The summed E-state index contributed by atoms with van der Waals surface area (Å²) >= 11 is 1.86. The van der Waals surface area contributed by atoms with Gasteiger partial charge in [-0.05, 0) is 66.1 Å². The number of nitrogens with one attached hydrogen (secondary N) is 1. The first-order chi connectivity index (χ1) is 14.0. The van der Waals surface area contributed by atoms with Crippen LogP contribution >= 0.6 is 22.6 Å². The number of halogens is 2. The number of rotatable bonds is 7. The van der Waals surface area contributed by atoms with Crippen molar-refractivity contribution in [1.82, 2.24) is 4.57 Å². The number of pyridine rings is 1. The van der Waals surface area contributed by atoms with Gasteiger partial charge in [0.2, 0.25) is 10.0 Å². The van der Waals surface area contributed by atoms with Gasteiger partial charge in [0.15, 0.2) is 0 Å². The number of amides is 1. The van der Waals surface area contributed by atoms with Crippen LogP contribution in [0.4, 0.5) is 26.4 Å². The predicted molar refractivity (Wildman–Crippen MR) is 117 cm³/mol. The molecule has 0 saturated heterocycles. The van der Waals surface area contributed by atoms with E-state index >= 15 is 0 Å². The maximum absolute atomic E-state index is 14.6. The monoisotopic (exact) mass is 551 g/mol. The van der Waals surface area contributed by atoms with Crippen molar-refractivity contribution in [2.45, 2.75) is 24.0 Å². The second-order valence-corrected chi connectivity index (χ2v) is 10.3. The fourth-order valence-corrected chi connectivity index (χ4v) is 5.31. The van der Waals surface area contributed by atoms with Crippen LogP contribution in [0.5, 0.6) is 0 Å². The van der Waals surface area contributed by atoms with Crippen LogP contribution in [-0.4, -0.2) is 40.6 Å². The first kappa shape index (κ1) is 22.5. The Morgan fingerprint density at radius 1 is 1.33 bits per heavy atom. The molecule has 1 aromatic carbocycles. The van der Waals surface area contributed by atoms with Gasteiger partial charge < -0.3 is 10.2 Å². The minimum atomic E-state index is -4.01. The molecule has 0 atom stereocenters. The number of nitrogens with zero attached hydrogens (tertiary/aromatic N) is 2. The van der Waals surface area contributed by atoms with Crippen LogP contribution in [0.25, 0.3) is 0 Å². The predicted octanol–water partition coefficient (Wildman–Crippen LogP) is 2.60. The largest absolute Gasteiger partial charge is 0.464 e. The highest BCUT2D eigenvalue weighted by atomic mass is 127. The summed E-state index contributed by atoms with van der Waals surface area (Å²) in [7, 11) is -2.75. The van der Waals surface area contributed by atoms with Crippen LogP contribution in [0.3, 0.4) is 0 Å². The zero-order valence-corrected chi connectivity index (χ0v) is 18.8. The summed E-state index contributed by atoms with van der Waals surface area (Å²) in [5.74, 6) is -1.20. The molecule has 1 amide bonds. The maximum Gasteiger partial charge on any atom is 0.417 e. The second kappa shape index (κ2) is 8.15. The molecule has 1 saturated carbocycles. The number of aromatic nitrogens is 1. The van der Waals surface area contributed by atoms with Crippen LogP contribution in [0.2, 0.25) is 0 Å². The van der Waals surface area contributed by atoms with Crippen molar-refractivity contribution in [1.29, 1.82) is 0 Å². The minimum absolute atomic E-state index is 0.0256. The first-order valence-electron chi connectivity index (χ1n) is 8.84. The van der Waals surface area contributed by atoms with Gasteiger partial charge in [-0.2, -0.15) is 0 Å². The van der Waals surface area contributed by atoms with Crippen LogP contribution in [0.1, 0.15) is 19.3 Å². The summed E-state index contributed by atoms with van der Waals surface area (Å²) in [5, 5.41) is 19.0. The van der Waals surface area contributed by atoms with Gasteiger partial charge in [-0.3, -0.25) is 14.1 Å². The summed E-state index contributed by atoms with van der Waals surface area (Å²) in [6.45, 7) is -0.323. The zero-order valence-electron chi connectivity index (χ0n) is 15.8. The van der Waals surface area contributed by atoms with E-state index in [9.17, 15) is 32.6 Å². The van der Waals surface area contributed by atoms with Crippen molar-refractivity contribution in [2.75, 3.05) is 16.2 Å². The van der Waals surface area contributed by atoms with E-state index in [2.05, 4.69) is 4.72 Å². The van der Waals surface area contributed by atoms with Crippen molar-refractivity contribution in [3.05, 3.63) is 50.1 Å². The number of aliphatic hydroxyl groups is 1. The summed E-state index contributed by atoms with van der Waals surface area (Å²) < 4.78 is 43.1. The molecule has 1 aliphatic carbocycles. The van der Waals surface area contributed by atoms with Gasteiger partial charge in [-0.15, -0.1) is 0 Å². The lowest BCUT2D eigenvalue weighted by Crippen LogP contribution is -2.35. The van der Waals surface area contributed by atoms with Gasteiger partial charge in [0.1, 0.15) is 11.6 Å². The van der Waals surface area contributed by atoms with Crippen LogP contribution in [0, 0.1) is 9.39 Å². The Hall–Kier alpha value is -2.19. The van der Waals surface area contributed by atoms with E-state index in [-0.39, 0.29) is 30.2 Å². The number of hydrogen-bond acceptors (Lipinski definition) is 5. The third-order valence-corrected chi connectivity index (χ3v) is 7.94. The Morgan fingerprint density at radius 3 is 2.53 bits per heavy atom. The van der Waals surface area contributed by atoms with Crippen molar-refractivity contribution >= 4 is 55.9 Å². The molecule has 0 unspecified atom stereocenters. The lowest BCUT2D eigenvalue weighted by molar-refractivity contribution is 0.204. The van der Waals surface area contributed by atoms with E-state index in [1.807, 2.05) is 22.6 Å². The van der Waals surface area contributed by atoms with E-state index in [0.717, 1.165) is 22.8 Å². The van der Waals surface area contributed by atoms with E-state index in [1.54, 1.807) is 0 Å². The Labute approximate surface area is 185 Å². The van der Waals surface area contributed by atoms with Gasteiger partial charge in [0.25, 0.3) is 5.56 Å². The van der Waals surface area contributed by atoms with Crippen molar-refractivity contribution in [3.8, 4) is 0 Å². The molecule has 0 bridgehead atoms. The molecule has 1 aromatic heterocycles. The third kappa shape index (κ3) is 4.03. The molecule has 9 nitrogen and oxygen atoms in total. The number of benzene rings is 1. The molecule has 1 aliphatic rings. The Kier molecular flexibility index (Phi) is 6.11. The standard InChI is InChI=1S/C18H19FIN3O6S/c1-22-15(25)5-3-13(21-30(28,29)18(6-7-18)8-9-24)16(22)23(17(26)27)14-4-2-11(20)10-12(14)19/h2-5,10,21,24H,6-9H2,1H3,(H,26,27). The number of anilines is 3. The fraction of sp³-hybridized carbons (Fsp3) is 0.333. The van der Waals surface area contributed by atoms with Gasteiger partial charge in [0.05, 0.1) is 16.1 Å².